The number of halogens is 3. The lowest BCUT2D eigenvalue weighted by molar-refractivity contribution is -0.206. The predicted octanol–water partition coefficient (Wildman–Crippen LogP) is 5.29. The summed E-state index contributed by atoms with van der Waals surface area (Å²) in [6.45, 7) is 1.87. The number of carbonyl (C=O) groups is 2. The first-order valence-electron chi connectivity index (χ1n) is 8.94. The number of phenols is 1. The van der Waals surface area contributed by atoms with Crippen LogP contribution in [0.25, 0.3) is 0 Å². The Morgan fingerprint density at radius 1 is 0.929 bits per heavy atom. The number of esters is 1. The summed E-state index contributed by atoms with van der Waals surface area (Å²) in [4.78, 5) is 24.4. The van der Waals surface area contributed by atoms with Gasteiger partial charge in [0, 0.05) is 11.1 Å². The molecule has 0 aliphatic rings. The summed E-state index contributed by atoms with van der Waals surface area (Å²) >= 11 is 0. The van der Waals surface area contributed by atoms with E-state index in [0.29, 0.717) is 18.4 Å². The number of rotatable bonds is 8. The average Bonchev–Trinajstić information content (AvgIpc) is 2.66. The van der Waals surface area contributed by atoms with Gasteiger partial charge in [0.1, 0.15) is 5.75 Å². The van der Waals surface area contributed by atoms with E-state index in [0.717, 1.165) is 6.42 Å². The predicted molar refractivity (Wildman–Crippen MR) is 97.4 cm³/mol. The number of ether oxygens (including phenoxy) is 1. The van der Waals surface area contributed by atoms with Gasteiger partial charge in [0.25, 0.3) is 0 Å². The third kappa shape index (κ3) is 5.84. The van der Waals surface area contributed by atoms with Crippen LogP contribution in [0.2, 0.25) is 0 Å². The molecular formula is C21H21F3O4. The van der Waals surface area contributed by atoms with Crippen LogP contribution in [0.5, 0.6) is 5.75 Å². The molecule has 0 aromatic heterocycles. The molecule has 1 N–H and O–H groups in total. The van der Waals surface area contributed by atoms with Crippen LogP contribution in [0.3, 0.4) is 0 Å². The van der Waals surface area contributed by atoms with Crippen molar-refractivity contribution in [2.45, 2.75) is 44.9 Å². The number of phenolic OH excluding ortho intramolecular Hbond substituents is 1. The average molecular weight is 394 g/mol. The maximum Gasteiger partial charge on any atom is 0.425 e. The second-order valence-electron chi connectivity index (χ2n) is 6.38. The Bertz CT molecular complexity index is 796. The zero-order valence-corrected chi connectivity index (χ0v) is 15.3. The normalized spacial score (nSPS) is 12.4. The van der Waals surface area contributed by atoms with E-state index < -0.39 is 18.2 Å². The lowest BCUT2D eigenvalue weighted by atomic mass is 10.0. The van der Waals surface area contributed by atoms with Crippen molar-refractivity contribution in [2.75, 3.05) is 0 Å². The molecule has 0 fully saturated rings. The fraction of sp³-hybridized carbons (Fsp3) is 0.333. The van der Waals surface area contributed by atoms with E-state index in [9.17, 15) is 27.9 Å². The highest BCUT2D eigenvalue weighted by Gasteiger charge is 2.42. The summed E-state index contributed by atoms with van der Waals surface area (Å²) in [6.07, 6.45) is -5.36. The number of hydrogen-bond acceptors (Lipinski definition) is 4. The molecule has 150 valence electrons. The molecule has 0 unspecified atom stereocenters. The van der Waals surface area contributed by atoms with Crippen molar-refractivity contribution in [3.05, 3.63) is 65.2 Å². The fourth-order valence-corrected chi connectivity index (χ4v) is 2.60. The summed E-state index contributed by atoms with van der Waals surface area (Å²) < 4.78 is 43.9. The summed E-state index contributed by atoms with van der Waals surface area (Å²) in [5, 5.41) is 9.26. The Balaban J connectivity index is 2.07. The Labute approximate surface area is 161 Å². The zero-order chi connectivity index (χ0) is 20.7. The van der Waals surface area contributed by atoms with Gasteiger partial charge >= 0.3 is 12.1 Å². The van der Waals surface area contributed by atoms with Gasteiger partial charge in [0.15, 0.2) is 11.9 Å². The molecule has 0 amide bonds. The van der Waals surface area contributed by atoms with Crippen molar-refractivity contribution in [2.24, 2.45) is 0 Å². The molecule has 2 rings (SSSR count). The molecule has 1 atom stereocenters. The van der Waals surface area contributed by atoms with Crippen molar-refractivity contribution in [1.82, 2.24) is 0 Å². The Morgan fingerprint density at radius 3 is 1.93 bits per heavy atom. The van der Waals surface area contributed by atoms with Gasteiger partial charge in [-0.05, 0) is 49.2 Å². The van der Waals surface area contributed by atoms with Gasteiger partial charge in [-0.25, -0.2) is 4.79 Å². The minimum absolute atomic E-state index is 0.0211. The van der Waals surface area contributed by atoms with Crippen LogP contribution in [0, 0.1) is 0 Å². The first kappa shape index (κ1) is 21.5. The molecule has 0 heterocycles. The molecule has 2 aromatic carbocycles. The lowest BCUT2D eigenvalue weighted by Gasteiger charge is -2.20. The largest absolute Gasteiger partial charge is 0.508 e. The summed E-state index contributed by atoms with van der Waals surface area (Å²) in [5.41, 5.74) is 0.533. The molecule has 2 aromatic rings. The van der Waals surface area contributed by atoms with Crippen molar-refractivity contribution < 1.29 is 32.6 Å². The van der Waals surface area contributed by atoms with Crippen molar-refractivity contribution in [3.8, 4) is 5.75 Å². The van der Waals surface area contributed by atoms with E-state index in [-0.39, 0.29) is 29.1 Å². The Kier molecular flexibility index (Phi) is 7.20. The van der Waals surface area contributed by atoms with Gasteiger partial charge in [-0.1, -0.05) is 31.9 Å². The van der Waals surface area contributed by atoms with Crippen LogP contribution < -0.4 is 0 Å². The highest BCUT2D eigenvalue weighted by atomic mass is 19.4. The lowest BCUT2D eigenvalue weighted by Crippen LogP contribution is -2.33. The van der Waals surface area contributed by atoms with E-state index >= 15 is 0 Å². The number of aromatic hydroxyl groups is 1. The smallest absolute Gasteiger partial charge is 0.425 e. The Hall–Kier alpha value is -2.83. The van der Waals surface area contributed by atoms with Gasteiger partial charge < -0.3 is 9.84 Å². The van der Waals surface area contributed by atoms with Crippen molar-refractivity contribution in [3.63, 3.8) is 0 Å². The standard InChI is InChI=1S/C21H21F3O4/c1-2-3-4-5-18(21(22,23)24)28-20(27)16-8-6-14(7-9-16)19(26)15-10-12-17(25)13-11-15/h6-13,18,25H,2-5H2,1H3/t18-/m1/s1. The first-order valence-corrected chi connectivity index (χ1v) is 8.94. The molecule has 0 saturated heterocycles. The number of hydrogen-bond donors (Lipinski definition) is 1. The molecule has 0 radical (unpaired) electrons. The fourth-order valence-electron chi connectivity index (χ4n) is 2.60. The summed E-state index contributed by atoms with van der Waals surface area (Å²) in [6, 6.07) is 10.9. The number of alkyl halides is 3. The molecule has 28 heavy (non-hydrogen) atoms. The Morgan fingerprint density at radius 2 is 1.43 bits per heavy atom. The van der Waals surface area contributed by atoms with Crippen LogP contribution in [-0.2, 0) is 4.74 Å². The number of ketones is 1. The second kappa shape index (κ2) is 9.39. The number of unbranched alkanes of at least 4 members (excludes halogenated alkanes) is 2. The molecule has 0 aliphatic carbocycles. The van der Waals surface area contributed by atoms with Gasteiger partial charge in [-0.15, -0.1) is 0 Å². The number of benzene rings is 2. The molecule has 0 spiro atoms. The second-order valence-corrected chi connectivity index (χ2v) is 6.38. The monoisotopic (exact) mass is 394 g/mol. The maximum absolute atomic E-state index is 13.1. The summed E-state index contributed by atoms with van der Waals surface area (Å²) in [5.74, 6) is -1.40. The molecular weight excluding hydrogens is 373 g/mol. The van der Waals surface area contributed by atoms with Gasteiger partial charge in [0.2, 0.25) is 0 Å². The van der Waals surface area contributed by atoms with Crippen molar-refractivity contribution in [1.29, 1.82) is 0 Å². The van der Waals surface area contributed by atoms with Crippen molar-refractivity contribution >= 4 is 11.8 Å². The minimum Gasteiger partial charge on any atom is -0.508 e. The molecule has 7 heteroatoms. The van der Waals surface area contributed by atoms with Crippen LogP contribution in [-0.4, -0.2) is 29.1 Å². The van der Waals surface area contributed by atoms with Gasteiger partial charge in [-0.2, -0.15) is 13.2 Å². The third-order valence-corrected chi connectivity index (χ3v) is 4.20. The maximum atomic E-state index is 13.1. The molecule has 0 bridgehead atoms. The highest BCUT2D eigenvalue weighted by molar-refractivity contribution is 6.09. The van der Waals surface area contributed by atoms with Crippen LogP contribution >= 0.6 is 0 Å². The molecule has 0 aliphatic heterocycles. The topological polar surface area (TPSA) is 63.6 Å². The minimum atomic E-state index is -4.63. The van der Waals surface area contributed by atoms with E-state index in [1.54, 1.807) is 0 Å². The first-order chi connectivity index (χ1) is 13.2. The highest BCUT2D eigenvalue weighted by Crippen LogP contribution is 2.28. The molecule has 0 saturated carbocycles. The zero-order valence-electron chi connectivity index (χ0n) is 15.3. The van der Waals surface area contributed by atoms with Gasteiger partial charge in [0.05, 0.1) is 5.56 Å². The van der Waals surface area contributed by atoms with Crippen LogP contribution in [0.4, 0.5) is 13.2 Å². The van der Waals surface area contributed by atoms with E-state index in [1.807, 2.05) is 6.92 Å². The third-order valence-electron chi connectivity index (χ3n) is 4.20. The number of carbonyl (C=O) groups excluding carboxylic acids is 2. The van der Waals surface area contributed by atoms with E-state index in [1.165, 1.54) is 48.5 Å². The van der Waals surface area contributed by atoms with E-state index in [4.69, 9.17) is 0 Å². The van der Waals surface area contributed by atoms with Crippen LogP contribution in [0.15, 0.2) is 48.5 Å². The van der Waals surface area contributed by atoms with E-state index in [2.05, 4.69) is 4.74 Å². The summed E-state index contributed by atoms with van der Waals surface area (Å²) in [7, 11) is 0. The SMILES string of the molecule is CCCCC[C@@H](OC(=O)c1ccc(C(=O)c2ccc(O)cc2)cc1)C(F)(F)F. The molecule has 4 nitrogen and oxygen atoms in total. The van der Waals surface area contributed by atoms with Crippen LogP contribution in [0.1, 0.15) is 58.9 Å². The quantitative estimate of drug-likeness (QED) is 0.375. The van der Waals surface area contributed by atoms with Gasteiger partial charge in [-0.3, -0.25) is 4.79 Å².